The van der Waals surface area contributed by atoms with Crippen molar-refractivity contribution in [3.05, 3.63) is 15.5 Å². The summed E-state index contributed by atoms with van der Waals surface area (Å²) in [6.07, 6.45) is 5.52. The second-order valence-corrected chi connectivity index (χ2v) is 5.23. The number of rotatable bonds is 7. The molecule has 0 radical (unpaired) electrons. The molecule has 0 aliphatic rings. The van der Waals surface area contributed by atoms with Crippen molar-refractivity contribution < 1.29 is 4.74 Å². The smallest absolute Gasteiger partial charge is 0.101 e. The zero-order valence-corrected chi connectivity index (χ0v) is 12.5. The Morgan fingerprint density at radius 3 is 2.88 bits per heavy atom. The molecule has 1 aromatic heterocycles. The highest BCUT2D eigenvalue weighted by Crippen LogP contribution is 2.16. The van der Waals surface area contributed by atoms with Crippen molar-refractivity contribution >= 4 is 22.6 Å². The van der Waals surface area contributed by atoms with Gasteiger partial charge in [0.2, 0.25) is 0 Å². The molecule has 1 rings (SSSR count). The average Bonchev–Trinajstić information content (AvgIpc) is 2.65. The second kappa shape index (κ2) is 7.27. The normalized spacial score (nSPS) is 13.0. The van der Waals surface area contributed by atoms with Gasteiger partial charge in [0.1, 0.15) is 5.69 Å². The van der Waals surface area contributed by atoms with E-state index in [9.17, 15) is 0 Å². The van der Waals surface area contributed by atoms with Crippen molar-refractivity contribution in [3.63, 3.8) is 0 Å². The molecule has 0 amide bonds. The van der Waals surface area contributed by atoms with Gasteiger partial charge in [-0.3, -0.25) is 4.68 Å². The van der Waals surface area contributed by atoms with E-state index in [1.54, 1.807) is 0 Å². The Hall–Kier alpha value is -0.100. The van der Waals surface area contributed by atoms with Crippen molar-refractivity contribution in [2.24, 2.45) is 0 Å². The van der Waals surface area contributed by atoms with Crippen LogP contribution >= 0.6 is 22.6 Å². The molecular formula is C12H21IN2O. The predicted molar refractivity (Wildman–Crippen MR) is 74.5 cm³/mol. The molecule has 0 fully saturated rings. The van der Waals surface area contributed by atoms with Gasteiger partial charge in [0.15, 0.2) is 0 Å². The first-order chi connectivity index (χ1) is 7.69. The fraction of sp³-hybridized carbons (Fsp3) is 0.750. The Kier molecular flexibility index (Phi) is 6.34. The molecule has 0 saturated heterocycles. The van der Waals surface area contributed by atoms with Crippen LogP contribution in [-0.2, 0) is 11.3 Å². The van der Waals surface area contributed by atoms with Gasteiger partial charge in [-0.1, -0.05) is 20.3 Å². The average molecular weight is 336 g/mol. The molecule has 0 spiro atoms. The third-order valence-electron chi connectivity index (χ3n) is 2.68. The first kappa shape index (κ1) is 14.0. The molecule has 1 atom stereocenters. The molecule has 1 aromatic rings. The molecule has 0 N–H and O–H groups in total. The van der Waals surface area contributed by atoms with E-state index in [0.717, 1.165) is 25.1 Å². The highest BCUT2D eigenvalue weighted by molar-refractivity contribution is 14.1. The minimum Gasteiger partial charge on any atom is -0.375 e. The summed E-state index contributed by atoms with van der Waals surface area (Å²) in [6.45, 7) is 8.01. The Morgan fingerprint density at radius 1 is 1.50 bits per heavy atom. The summed E-state index contributed by atoms with van der Waals surface area (Å²) in [5.74, 6) is 0. The van der Waals surface area contributed by atoms with Gasteiger partial charge in [0.05, 0.1) is 10.2 Å². The zero-order chi connectivity index (χ0) is 12.0. The van der Waals surface area contributed by atoms with Gasteiger partial charge < -0.3 is 4.74 Å². The van der Waals surface area contributed by atoms with Gasteiger partial charge in [-0.2, -0.15) is 5.10 Å². The van der Waals surface area contributed by atoms with Gasteiger partial charge in [-0.15, -0.1) is 0 Å². The Balaban J connectivity index is 2.50. The SMILES string of the molecule is CCCCOCc1nn([C@H](C)CC)cc1I. The number of halogens is 1. The minimum atomic E-state index is 0.470. The molecular weight excluding hydrogens is 315 g/mol. The van der Waals surface area contributed by atoms with Crippen LogP contribution in [0.3, 0.4) is 0 Å². The van der Waals surface area contributed by atoms with Crippen LogP contribution < -0.4 is 0 Å². The van der Waals surface area contributed by atoms with Crippen LogP contribution in [0.5, 0.6) is 0 Å². The number of hydrogen-bond acceptors (Lipinski definition) is 2. The van der Waals surface area contributed by atoms with E-state index in [0.29, 0.717) is 12.6 Å². The van der Waals surface area contributed by atoms with Crippen molar-refractivity contribution in [2.75, 3.05) is 6.61 Å². The summed E-state index contributed by atoms with van der Waals surface area (Å²) in [5, 5.41) is 4.56. The van der Waals surface area contributed by atoms with E-state index in [-0.39, 0.29) is 0 Å². The number of unbranched alkanes of at least 4 members (excludes halogenated alkanes) is 1. The van der Waals surface area contributed by atoms with E-state index < -0.39 is 0 Å². The lowest BCUT2D eigenvalue weighted by atomic mass is 10.3. The van der Waals surface area contributed by atoms with E-state index in [1.165, 1.54) is 9.99 Å². The molecule has 3 nitrogen and oxygen atoms in total. The molecule has 1 heterocycles. The van der Waals surface area contributed by atoms with Crippen molar-refractivity contribution in [1.82, 2.24) is 9.78 Å². The summed E-state index contributed by atoms with van der Waals surface area (Å²) in [4.78, 5) is 0. The quantitative estimate of drug-likeness (QED) is 0.560. The summed E-state index contributed by atoms with van der Waals surface area (Å²) in [6, 6.07) is 0.470. The second-order valence-electron chi connectivity index (χ2n) is 4.07. The minimum absolute atomic E-state index is 0.470. The maximum Gasteiger partial charge on any atom is 0.101 e. The molecule has 0 unspecified atom stereocenters. The maximum absolute atomic E-state index is 5.59. The first-order valence-electron chi connectivity index (χ1n) is 6.00. The zero-order valence-electron chi connectivity index (χ0n) is 10.4. The molecule has 4 heteroatoms. The number of aromatic nitrogens is 2. The standard InChI is InChI=1S/C12H21IN2O/c1-4-6-7-16-9-12-11(13)8-15(14-12)10(3)5-2/h8,10H,4-7,9H2,1-3H3/t10-/m1/s1. The molecule has 16 heavy (non-hydrogen) atoms. The summed E-state index contributed by atoms with van der Waals surface area (Å²) >= 11 is 2.33. The Labute approximate surface area is 112 Å². The topological polar surface area (TPSA) is 27.1 Å². The number of nitrogens with zero attached hydrogens (tertiary/aromatic N) is 2. The lowest BCUT2D eigenvalue weighted by molar-refractivity contribution is 0.114. The molecule has 92 valence electrons. The van der Waals surface area contributed by atoms with E-state index in [4.69, 9.17) is 4.74 Å². The lowest BCUT2D eigenvalue weighted by Crippen LogP contribution is -2.05. The Bertz CT molecular complexity index is 312. The predicted octanol–water partition coefficient (Wildman–Crippen LogP) is 3.78. The van der Waals surface area contributed by atoms with Crippen LogP contribution in [0, 0.1) is 3.57 Å². The van der Waals surface area contributed by atoms with Crippen LogP contribution in [0.4, 0.5) is 0 Å². The van der Waals surface area contributed by atoms with Gasteiger partial charge in [0.25, 0.3) is 0 Å². The Morgan fingerprint density at radius 2 is 2.25 bits per heavy atom. The van der Waals surface area contributed by atoms with E-state index in [2.05, 4.69) is 54.7 Å². The third-order valence-corrected chi connectivity index (χ3v) is 3.58. The molecule has 0 bridgehead atoms. The fourth-order valence-corrected chi connectivity index (χ4v) is 1.88. The van der Waals surface area contributed by atoms with Gasteiger partial charge in [-0.25, -0.2) is 0 Å². The first-order valence-corrected chi connectivity index (χ1v) is 7.08. The van der Waals surface area contributed by atoms with Crippen LogP contribution in [0.1, 0.15) is 51.8 Å². The lowest BCUT2D eigenvalue weighted by Gasteiger charge is -2.08. The molecule has 0 aliphatic heterocycles. The third kappa shape index (κ3) is 4.05. The maximum atomic E-state index is 5.59. The molecule has 0 aromatic carbocycles. The number of hydrogen-bond donors (Lipinski definition) is 0. The van der Waals surface area contributed by atoms with Gasteiger partial charge in [-0.05, 0) is 42.4 Å². The van der Waals surface area contributed by atoms with E-state index >= 15 is 0 Å². The highest BCUT2D eigenvalue weighted by atomic mass is 127. The van der Waals surface area contributed by atoms with Gasteiger partial charge >= 0.3 is 0 Å². The van der Waals surface area contributed by atoms with E-state index in [1.807, 2.05) is 4.68 Å². The van der Waals surface area contributed by atoms with Gasteiger partial charge in [0, 0.05) is 18.8 Å². The van der Waals surface area contributed by atoms with Crippen LogP contribution in [0.2, 0.25) is 0 Å². The van der Waals surface area contributed by atoms with Crippen molar-refractivity contribution in [1.29, 1.82) is 0 Å². The van der Waals surface area contributed by atoms with Crippen molar-refractivity contribution in [3.8, 4) is 0 Å². The van der Waals surface area contributed by atoms with Crippen LogP contribution in [0.25, 0.3) is 0 Å². The molecule has 0 saturated carbocycles. The highest BCUT2D eigenvalue weighted by Gasteiger charge is 2.09. The summed E-state index contributed by atoms with van der Waals surface area (Å²) in [7, 11) is 0. The van der Waals surface area contributed by atoms with Crippen molar-refractivity contribution in [2.45, 2.75) is 52.7 Å². The largest absolute Gasteiger partial charge is 0.375 e. The van der Waals surface area contributed by atoms with Crippen LogP contribution in [-0.4, -0.2) is 16.4 Å². The monoisotopic (exact) mass is 336 g/mol. The summed E-state index contributed by atoms with van der Waals surface area (Å²) in [5.41, 5.74) is 1.07. The van der Waals surface area contributed by atoms with Crippen LogP contribution in [0.15, 0.2) is 6.20 Å². The number of ether oxygens (including phenoxy) is 1. The fourth-order valence-electron chi connectivity index (χ4n) is 1.33. The summed E-state index contributed by atoms with van der Waals surface area (Å²) < 4.78 is 8.83. The molecule has 0 aliphatic carbocycles.